The first kappa shape index (κ1) is 10.4. The minimum absolute atomic E-state index is 0.371. The standard InChI is InChI=1S/C11H17N3OS/c12-10-9(7-3-4-7)11(16-14-10)13-6-8-2-1-5-15-8/h7-8,13H,1-6H2,(H2,12,14). The zero-order chi connectivity index (χ0) is 11.0. The van der Waals surface area contributed by atoms with Crippen molar-refractivity contribution >= 4 is 22.4 Å². The van der Waals surface area contributed by atoms with E-state index in [1.807, 2.05) is 0 Å². The average Bonchev–Trinajstić information content (AvgIpc) is 2.85. The maximum absolute atomic E-state index is 5.89. The molecule has 2 heterocycles. The van der Waals surface area contributed by atoms with Gasteiger partial charge in [0.1, 0.15) is 10.8 Å². The minimum Gasteiger partial charge on any atom is -0.383 e. The van der Waals surface area contributed by atoms with Gasteiger partial charge in [-0.2, -0.15) is 4.37 Å². The fourth-order valence-electron chi connectivity index (χ4n) is 2.22. The number of nitrogens with two attached hydrogens (primary N) is 1. The molecule has 1 aliphatic heterocycles. The molecule has 1 atom stereocenters. The molecule has 0 aromatic carbocycles. The van der Waals surface area contributed by atoms with Gasteiger partial charge in [0.25, 0.3) is 0 Å². The molecule has 3 rings (SSSR count). The lowest BCUT2D eigenvalue weighted by Gasteiger charge is -2.11. The quantitative estimate of drug-likeness (QED) is 0.845. The van der Waals surface area contributed by atoms with E-state index < -0.39 is 0 Å². The van der Waals surface area contributed by atoms with Gasteiger partial charge in [0.2, 0.25) is 0 Å². The van der Waals surface area contributed by atoms with Crippen molar-refractivity contribution in [2.45, 2.75) is 37.7 Å². The molecule has 0 radical (unpaired) electrons. The molecule has 1 saturated heterocycles. The highest BCUT2D eigenvalue weighted by Gasteiger charge is 2.30. The van der Waals surface area contributed by atoms with E-state index in [0.717, 1.165) is 24.0 Å². The largest absolute Gasteiger partial charge is 0.383 e. The third-order valence-corrected chi connectivity index (χ3v) is 4.09. The van der Waals surface area contributed by atoms with E-state index in [1.54, 1.807) is 0 Å². The van der Waals surface area contributed by atoms with Crippen LogP contribution in [-0.2, 0) is 4.74 Å². The Labute approximate surface area is 99.3 Å². The number of nitrogen functional groups attached to an aromatic ring is 1. The predicted octanol–water partition coefficient (Wildman–Crippen LogP) is 2.19. The van der Waals surface area contributed by atoms with Crippen LogP contribution in [0.1, 0.15) is 37.2 Å². The monoisotopic (exact) mass is 239 g/mol. The molecule has 5 heteroatoms. The molecular formula is C11H17N3OS. The summed E-state index contributed by atoms with van der Waals surface area (Å²) in [6.07, 6.45) is 5.25. The first-order valence-electron chi connectivity index (χ1n) is 5.95. The van der Waals surface area contributed by atoms with Crippen LogP contribution in [0.2, 0.25) is 0 Å². The van der Waals surface area contributed by atoms with E-state index in [9.17, 15) is 0 Å². The van der Waals surface area contributed by atoms with Gasteiger partial charge in [0, 0.05) is 18.7 Å². The Morgan fingerprint density at radius 3 is 3.00 bits per heavy atom. The summed E-state index contributed by atoms with van der Waals surface area (Å²) in [5.74, 6) is 1.38. The van der Waals surface area contributed by atoms with Crippen LogP contribution < -0.4 is 11.1 Å². The Bertz CT molecular complexity index is 369. The maximum Gasteiger partial charge on any atom is 0.142 e. The molecule has 1 unspecified atom stereocenters. The Kier molecular flexibility index (Phi) is 2.73. The predicted molar refractivity (Wildman–Crippen MR) is 66.0 cm³/mol. The molecule has 0 spiro atoms. The van der Waals surface area contributed by atoms with Gasteiger partial charge in [-0.05, 0) is 43.1 Å². The lowest BCUT2D eigenvalue weighted by atomic mass is 10.2. The summed E-state index contributed by atoms with van der Waals surface area (Å²) in [6.45, 7) is 1.80. The molecule has 1 saturated carbocycles. The summed E-state index contributed by atoms with van der Waals surface area (Å²) >= 11 is 1.49. The second kappa shape index (κ2) is 4.22. The van der Waals surface area contributed by atoms with Gasteiger partial charge < -0.3 is 15.8 Å². The number of hydrogen-bond acceptors (Lipinski definition) is 5. The number of anilines is 2. The molecule has 3 N–H and O–H groups in total. The van der Waals surface area contributed by atoms with Crippen LogP contribution in [0.4, 0.5) is 10.8 Å². The second-order valence-electron chi connectivity index (χ2n) is 4.60. The molecule has 0 bridgehead atoms. The fraction of sp³-hybridized carbons (Fsp3) is 0.727. The Morgan fingerprint density at radius 2 is 2.31 bits per heavy atom. The average molecular weight is 239 g/mol. The Balaban J connectivity index is 1.64. The minimum atomic E-state index is 0.371. The third kappa shape index (κ3) is 2.01. The lowest BCUT2D eigenvalue weighted by Crippen LogP contribution is -2.18. The SMILES string of the molecule is Nc1nsc(NCC2CCCO2)c1C1CC1. The summed E-state index contributed by atoms with van der Waals surface area (Å²) in [5.41, 5.74) is 7.15. The first-order valence-corrected chi connectivity index (χ1v) is 6.72. The van der Waals surface area contributed by atoms with Crippen LogP contribution in [-0.4, -0.2) is 23.6 Å². The highest BCUT2D eigenvalue weighted by molar-refractivity contribution is 7.10. The smallest absolute Gasteiger partial charge is 0.142 e. The van der Waals surface area contributed by atoms with Crippen molar-refractivity contribution in [3.8, 4) is 0 Å². The topological polar surface area (TPSA) is 60.2 Å². The van der Waals surface area contributed by atoms with Crippen molar-refractivity contribution < 1.29 is 4.74 Å². The summed E-state index contributed by atoms with van der Waals surface area (Å²) < 4.78 is 9.83. The molecule has 4 nitrogen and oxygen atoms in total. The van der Waals surface area contributed by atoms with Crippen LogP contribution >= 0.6 is 11.5 Å². The number of nitrogens with one attached hydrogen (secondary N) is 1. The van der Waals surface area contributed by atoms with E-state index in [-0.39, 0.29) is 0 Å². The van der Waals surface area contributed by atoms with Crippen molar-refractivity contribution in [1.82, 2.24) is 4.37 Å². The molecule has 1 aromatic rings. The zero-order valence-corrected chi connectivity index (χ0v) is 10.1. The van der Waals surface area contributed by atoms with Crippen LogP contribution in [0, 0.1) is 0 Å². The van der Waals surface area contributed by atoms with Crippen LogP contribution in [0.3, 0.4) is 0 Å². The molecule has 2 aliphatic rings. The van der Waals surface area contributed by atoms with Crippen molar-refractivity contribution in [2.75, 3.05) is 24.2 Å². The molecule has 0 amide bonds. The van der Waals surface area contributed by atoms with Gasteiger partial charge in [0.05, 0.1) is 6.10 Å². The molecule has 16 heavy (non-hydrogen) atoms. The van der Waals surface area contributed by atoms with Gasteiger partial charge in [-0.15, -0.1) is 0 Å². The van der Waals surface area contributed by atoms with Crippen molar-refractivity contribution in [1.29, 1.82) is 0 Å². The number of aromatic nitrogens is 1. The Morgan fingerprint density at radius 1 is 1.44 bits per heavy atom. The number of ether oxygens (including phenoxy) is 1. The van der Waals surface area contributed by atoms with E-state index in [1.165, 1.54) is 42.8 Å². The van der Waals surface area contributed by atoms with E-state index in [2.05, 4.69) is 9.69 Å². The number of rotatable bonds is 4. The first-order chi connectivity index (χ1) is 7.84. The summed E-state index contributed by atoms with van der Waals surface area (Å²) in [6, 6.07) is 0. The van der Waals surface area contributed by atoms with Crippen LogP contribution in [0.5, 0.6) is 0 Å². The zero-order valence-electron chi connectivity index (χ0n) is 9.24. The van der Waals surface area contributed by atoms with Gasteiger partial charge in [-0.3, -0.25) is 0 Å². The third-order valence-electron chi connectivity index (χ3n) is 3.26. The van der Waals surface area contributed by atoms with Crippen LogP contribution in [0.25, 0.3) is 0 Å². The van der Waals surface area contributed by atoms with Crippen molar-refractivity contribution in [3.05, 3.63) is 5.56 Å². The van der Waals surface area contributed by atoms with Crippen molar-refractivity contribution in [2.24, 2.45) is 0 Å². The Hall–Kier alpha value is -0.810. The highest BCUT2D eigenvalue weighted by atomic mass is 32.1. The molecule has 1 aromatic heterocycles. The maximum atomic E-state index is 5.89. The van der Waals surface area contributed by atoms with E-state index in [0.29, 0.717) is 12.0 Å². The molecular weight excluding hydrogens is 222 g/mol. The van der Waals surface area contributed by atoms with Gasteiger partial charge in [-0.25, -0.2) is 0 Å². The molecule has 1 aliphatic carbocycles. The van der Waals surface area contributed by atoms with Crippen LogP contribution in [0.15, 0.2) is 0 Å². The number of nitrogens with zero attached hydrogens (tertiary/aromatic N) is 1. The fourth-order valence-corrected chi connectivity index (χ4v) is 3.02. The van der Waals surface area contributed by atoms with Gasteiger partial charge >= 0.3 is 0 Å². The van der Waals surface area contributed by atoms with Gasteiger partial charge in [-0.1, -0.05) is 0 Å². The highest BCUT2D eigenvalue weighted by Crippen LogP contribution is 2.47. The molecule has 88 valence electrons. The summed E-state index contributed by atoms with van der Waals surface area (Å²) in [5, 5.41) is 4.61. The van der Waals surface area contributed by atoms with E-state index >= 15 is 0 Å². The lowest BCUT2D eigenvalue weighted by molar-refractivity contribution is 0.120. The summed E-state index contributed by atoms with van der Waals surface area (Å²) in [7, 11) is 0. The number of hydrogen-bond donors (Lipinski definition) is 2. The van der Waals surface area contributed by atoms with Crippen molar-refractivity contribution in [3.63, 3.8) is 0 Å². The second-order valence-corrected chi connectivity index (χ2v) is 5.37. The normalized spacial score (nSPS) is 24.9. The van der Waals surface area contributed by atoms with Gasteiger partial charge in [0.15, 0.2) is 0 Å². The van der Waals surface area contributed by atoms with E-state index in [4.69, 9.17) is 10.5 Å². The molecule has 2 fully saturated rings. The summed E-state index contributed by atoms with van der Waals surface area (Å²) in [4.78, 5) is 0.